The maximum absolute atomic E-state index is 13.7. The SMILES string of the molecule is C/C=C/CNC(=O)CC1(O)C2CCC1CC(S(=O)(=O)c1cc(C(=O)Nc3cc(F)c(F)c(F)c3)ccc1Cl)C2. The summed E-state index contributed by atoms with van der Waals surface area (Å²) in [5.74, 6) is -6.67. The summed E-state index contributed by atoms with van der Waals surface area (Å²) in [4.78, 5) is 24.8. The number of benzene rings is 2. The van der Waals surface area contributed by atoms with Crippen LogP contribution in [0.5, 0.6) is 0 Å². The van der Waals surface area contributed by atoms with Gasteiger partial charge in [0.05, 0.1) is 27.2 Å². The van der Waals surface area contributed by atoms with E-state index < -0.39 is 55.9 Å². The summed E-state index contributed by atoms with van der Waals surface area (Å²) in [6.07, 6.45) is 4.85. The van der Waals surface area contributed by atoms with Gasteiger partial charge in [0.1, 0.15) is 0 Å². The van der Waals surface area contributed by atoms with E-state index in [1.807, 2.05) is 6.92 Å². The van der Waals surface area contributed by atoms with Gasteiger partial charge in [0.25, 0.3) is 5.91 Å². The Labute approximate surface area is 229 Å². The number of aliphatic hydroxyl groups is 1. The molecular weight excluding hydrogens is 557 g/mol. The molecule has 2 fully saturated rings. The maximum atomic E-state index is 13.7. The van der Waals surface area contributed by atoms with Crippen molar-refractivity contribution in [1.82, 2.24) is 5.32 Å². The Hall–Kier alpha value is -2.89. The van der Waals surface area contributed by atoms with Gasteiger partial charge in [0.2, 0.25) is 5.91 Å². The van der Waals surface area contributed by atoms with Crippen LogP contribution in [0.4, 0.5) is 18.9 Å². The zero-order chi connectivity index (χ0) is 28.5. The highest BCUT2D eigenvalue weighted by atomic mass is 35.5. The first kappa shape index (κ1) is 29.1. The highest BCUT2D eigenvalue weighted by Crippen LogP contribution is 2.53. The van der Waals surface area contributed by atoms with Crippen LogP contribution in [0.25, 0.3) is 0 Å². The Morgan fingerprint density at radius 1 is 1.10 bits per heavy atom. The van der Waals surface area contributed by atoms with Crippen molar-refractivity contribution in [1.29, 1.82) is 0 Å². The lowest BCUT2D eigenvalue weighted by atomic mass is 9.72. The number of amides is 2. The zero-order valence-corrected chi connectivity index (χ0v) is 22.6. The third kappa shape index (κ3) is 5.85. The first-order valence-electron chi connectivity index (χ1n) is 12.5. The molecule has 2 saturated carbocycles. The fraction of sp³-hybridized carbons (Fsp3) is 0.407. The first-order chi connectivity index (χ1) is 18.4. The molecule has 0 heterocycles. The summed E-state index contributed by atoms with van der Waals surface area (Å²) >= 11 is 6.24. The van der Waals surface area contributed by atoms with E-state index in [4.69, 9.17) is 11.6 Å². The predicted molar refractivity (Wildman–Crippen MR) is 140 cm³/mol. The second-order valence-corrected chi connectivity index (χ2v) is 12.6. The van der Waals surface area contributed by atoms with Crippen molar-refractivity contribution in [2.45, 2.75) is 54.8 Å². The van der Waals surface area contributed by atoms with Crippen LogP contribution < -0.4 is 10.6 Å². The number of hydrogen-bond acceptors (Lipinski definition) is 5. The van der Waals surface area contributed by atoms with Gasteiger partial charge in [-0.05, 0) is 62.6 Å². The van der Waals surface area contributed by atoms with E-state index in [1.165, 1.54) is 12.1 Å². The van der Waals surface area contributed by atoms with E-state index in [2.05, 4.69) is 10.6 Å². The Balaban J connectivity index is 1.52. The van der Waals surface area contributed by atoms with Crippen molar-refractivity contribution in [3.8, 4) is 0 Å². The lowest BCUT2D eigenvalue weighted by molar-refractivity contribution is -0.132. The molecule has 7 nitrogen and oxygen atoms in total. The molecular formula is C27H28ClF3N2O5S. The summed E-state index contributed by atoms with van der Waals surface area (Å²) in [7, 11) is -4.07. The van der Waals surface area contributed by atoms with Gasteiger partial charge in [-0.3, -0.25) is 9.59 Å². The minimum Gasteiger partial charge on any atom is -0.389 e. The fourth-order valence-corrected chi connectivity index (χ4v) is 8.04. The maximum Gasteiger partial charge on any atom is 0.255 e. The molecule has 2 aromatic rings. The van der Waals surface area contributed by atoms with E-state index in [-0.39, 0.29) is 46.3 Å². The van der Waals surface area contributed by atoms with Gasteiger partial charge >= 0.3 is 0 Å². The van der Waals surface area contributed by atoms with Gasteiger partial charge in [-0.1, -0.05) is 23.8 Å². The third-order valence-corrected chi connectivity index (χ3v) is 10.3. The normalized spacial score (nSPS) is 24.6. The number of carbonyl (C=O) groups excluding carboxylic acids is 2. The first-order valence-corrected chi connectivity index (χ1v) is 14.4. The van der Waals surface area contributed by atoms with Crippen molar-refractivity contribution in [3.63, 3.8) is 0 Å². The number of nitrogens with one attached hydrogen (secondary N) is 2. The molecule has 2 aliphatic carbocycles. The molecule has 2 unspecified atom stereocenters. The van der Waals surface area contributed by atoms with Crippen LogP contribution in [0, 0.1) is 29.3 Å². The molecule has 0 saturated heterocycles. The smallest absolute Gasteiger partial charge is 0.255 e. The van der Waals surface area contributed by atoms with Crippen LogP contribution in [-0.2, 0) is 14.6 Å². The average Bonchev–Trinajstić information content (AvgIpc) is 3.03. The van der Waals surface area contributed by atoms with Crippen LogP contribution in [0.2, 0.25) is 5.02 Å². The predicted octanol–water partition coefficient (Wildman–Crippen LogP) is 4.79. The number of allylic oxidation sites excluding steroid dienone is 1. The summed E-state index contributed by atoms with van der Waals surface area (Å²) in [6.45, 7) is 2.16. The Bertz CT molecular complexity index is 1400. The van der Waals surface area contributed by atoms with Gasteiger partial charge in [-0.15, -0.1) is 0 Å². The Kier molecular flexibility index (Phi) is 8.44. The molecule has 0 aliphatic heterocycles. The number of anilines is 1. The Morgan fingerprint density at radius 3 is 2.31 bits per heavy atom. The molecule has 210 valence electrons. The number of sulfone groups is 1. The zero-order valence-electron chi connectivity index (χ0n) is 21.0. The number of halogens is 4. The lowest BCUT2D eigenvalue weighted by Gasteiger charge is -2.42. The molecule has 3 N–H and O–H groups in total. The topological polar surface area (TPSA) is 113 Å². The molecule has 0 aromatic heterocycles. The third-order valence-electron chi connectivity index (χ3n) is 7.65. The molecule has 0 radical (unpaired) electrons. The van der Waals surface area contributed by atoms with Gasteiger partial charge in [0.15, 0.2) is 27.3 Å². The molecule has 12 heteroatoms. The standard InChI is InChI=1S/C27H28ClF3N2O5S/c1-2-3-8-32-24(34)14-27(36)16-5-6-17(27)11-19(10-16)39(37,38)23-9-15(4-7-20(23)28)26(35)33-18-12-21(29)25(31)22(30)13-18/h2-4,7,9,12-13,16-17,19,36H,5-6,8,10-11,14H2,1H3,(H,32,34)(H,33,35)/b3-2+. The molecule has 2 amide bonds. The molecule has 39 heavy (non-hydrogen) atoms. The summed E-state index contributed by atoms with van der Waals surface area (Å²) in [5, 5.41) is 15.3. The summed E-state index contributed by atoms with van der Waals surface area (Å²) in [5.41, 5.74) is -1.80. The number of hydrogen-bond donors (Lipinski definition) is 3. The molecule has 4 rings (SSSR count). The van der Waals surface area contributed by atoms with Crippen LogP contribution in [0.3, 0.4) is 0 Å². The highest BCUT2D eigenvalue weighted by molar-refractivity contribution is 7.92. The van der Waals surface area contributed by atoms with Crippen LogP contribution >= 0.6 is 11.6 Å². The van der Waals surface area contributed by atoms with Gasteiger partial charge in [-0.2, -0.15) is 0 Å². The van der Waals surface area contributed by atoms with Crippen molar-refractivity contribution in [3.05, 3.63) is 70.5 Å². The second kappa shape index (κ2) is 11.3. The van der Waals surface area contributed by atoms with E-state index in [9.17, 15) is 36.3 Å². The minimum absolute atomic E-state index is 0.109. The van der Waals surface area contributed by atoms with Crippen LogP contribution in [-0.4, -0.2) is 42.7 Å². The van der Waals surface area contributed by atoms with Crippen molar-refractivity contribution in [2.75, 3.05) is 11.9 Å². The quantitative estimate of drug-likeness (QED) is 0.305. The lowest BCUT2D eigenvalue weighted by Crippen LogP contribution is -2.50. The molecule has 2 bridgehead atoms. The fourth-order valence-electron chi connectivity index (χ4n) is 5.64. The van der Waals surface area contributed by atoms with Gasteiger partial charge in [0, 0.05) is 29.9 Å². The minimum atomic E-state index is -4.07. The van der Waals surface area contributed by atoms with Gasteiger partial charge < -0.3 is 15.7 Å². The number of rotatable bonds is 8. The van der Waals surface area contributed by atoms with E-state index in [1.54, 1.807) is 12.2 Å². The highest BCUT2D eigenvalue weighted by Gasteiger charge is 2.56. The van der Waals surface area contributed by atoms with E-state index in [0.717, 1.165) is 6.07 Å². The largest absolute Gasteiger partial charge is 0.389 e. The van der Waals surface area contributed by atoms with E-state index in [0.29, 0.717) is 31.5 Å². The van der Waals surface area contributed by atoms with Crippen molar-refractivity contribution in [2.24, 2.45) is 11.8 Å². The van der Waals surface area contributed by atoms with Crippen LogP contribution in [0.1, 0.15) is 49.4 Å². The van der Waals surface area contributed by atoms with Crippen molar-refractivity contribution >= 4 is 38.9 Å². The average molecular weight is 585 g/mol. The van der Waals surface area contributed by atoms with Crippen molar-refractivity contribution < 1.29 is 36.3 Å². The van der Waals surface area contributed by atoms with E-state index >= 15 is 0 Å². The van der Waals surface area contributed by atoms with Crippen LogP contribution in [0.15, 0.2) is 47.4 Å². The monoisotopic (exact) mass is 584 g/mol. The molecule has 2 aromatic carbocycles. The summed E-state index contributed by atoms with van der Waals surface area (Å²) < 4.78 is 67.6. The molecule has 2 atom stereocenters. The second-order valence-electron chi connectivity index (χ2n) is 10.0. The number of fused-ring (bicyclic) bond motifs is 2. The Morgan fingerprint density at radius 2 is 1.72 bits per heavy atom. The summed E-state index contributed by atoms with van der Waals surface area (Å²) in [6, 6.07) is 4.77. The van der Waals surface area contributed by atoms with Gasteiger partial charge in [-0.25, -0.2) is 21.6 Å². The molecule has 2 aliphatic rings. The molecule has 0 spiro atoms. The number of carbonyl (C=O) groups is 2.